The number of hydrogen-bond donors (Lipinski definition) is 1. The van der Waals surface area contributed by atoms with Gasteiger partial charge in [0.15, 0.2) is 0 Å². The third kappa shape index (κ3) is 4.14. The van der Waals surface area contributed by atoms with E-state index in [1.54, 1.807) is 0 Å². The summed E-state index contributed by atoms with van der Waals surface area (Å²) in [6.45, 7) is 0.946. The maximum atomic E-state index is 5.65. The molecule has 2 aromatic rings. The molecular formula is C14H19N3OS. The van der Waals surface area contributed by atoms with Crippen LogP contribution in [0.4, 0.5) is 0 Å². The largest absolute Gasteiger partial charge is 0.425 e. The van der Waals surface area contributed by atoms with Crippen molar-refractivity contribution in [1.82, 2.24) is 15.5 Å². The Morgan fingerprint density at radius 3 is 2.79 bits per heavy atom. The Labute approximate surface area is 117 Å². The van der Waals surface area contributed by atoms with Crippen molar-refractivity contribution in [1.29, 1.82) is 0 Å². The Morgan fingerprint density at radius 2 is 2.05 bits per heavy atom. The summed E-state index contributed by atoms with van der Waals surface area (Å²) in [4.78, 5) is 1.42. The maximum Gasteiger partial charge on any atom is 0.217 e. The second-order valence-electron chi connectivity index (χ2n) is 5.00. The van der Waals surface area contributed by atoms with Crippen molar-refractivity contribution in [3.63, 3.8) is 0 Å². The summed E-state index contributed by atoms with van der Waals surface area (Å²) in [6, 6.07) is 5.01. The number of aromatic nitrogens is 2. The minimum Gasteiger partial charge on any atom is -0.425 e. The van der Waals surface area contributed by atoms with Crippen LogP contribution in [0.15, 0.2) is 21.9 Å². The predicted molar refractivity (Wildman–Crippen MR) is 75.4 cm³/mol. The summed E-state index contributed by atoms with van der Waals surface area (Å²) in [5.41, 5.74) is 0. The molecular weight excluding hydrogens is 258 g/mol. The summed E-state index contributed by atoms with van der Waals surface area (Å²) in [6.07, 6.45) is 6.52. The highest BCUT2D eigenvalue weighted by atomic mass is 32.1. The van der Waals surface area contributed by atoms with Crippen molar-refractivity contribution in [2.24, 2.45) is 0 Å². The minimum atomic E-state index is 0.744. The molecule has 0 amide bonds. The SMILES string of the molecule is c1csc(CCCc2nnc(CCNC3CC3)o2)c1. The van der Waals surface area contributed by atoms with Gasteiger partial charge in [-0.05, 0) is 37.1 Å². The first-order valence-electron chi connectivity index (χ1n) is 6.97. The second-order valence-corrected chi connectivity index (χ2v) is 6.03. The standard InChI is InChI=1S/C14H19N3OS/c1(3-12-4-2-10-19-12)5-13-16-17-14(18-13)8-9-15-11-6-7-11/h2,4,10-11,15H,1,3,5-9H2. The Morgan fingerprint density at radius 1 is 1.21 bits per heavy atom. The molecule has 19 heavy (non-hydrogen) atoms. The van der Waals surface area contributed by atoms with E-state index in [-0.39, 0.29) is 0 Å². The Balaban J connectivity index is 1.37. The number of aryl methyl sites for hydroxylation is 2. The van der Waals surface area contributed by atoms with Crippen LogP contribution < -0.4 is 5.32 Å². The third-order valence-corrected chi connectivity index (χ3v) is 4.19. The summed E-state index contributed by atoms with van der Waals surface area (Å²) in [5, 5.41) is 13.8. The normalized spacial score (nSPS) is 14.9. The van der Waals surface area contributed by atoms with Gasteiger partial charge in [0.05, 0.1) is 0 Å². The van der Waals surface area contributed by atoms with Crippen LogP contribution in [0.25, 0.3) is 0 Å². The predicted octanol–water partition coefficient (Wildman–Crippen LogP) is 2.60. The van der Waals surface area contributed by atoms with Crippen molar-refractivity contribution in [3.05, 3.63) is 34.2 Å². The van der Waals surface area contributed by atoms with E-state index in [0.717, 1.165) is 50.1 Å². The van der Waals surface area contributed by atoms with Gasteiger partial charge < -0.3 is 9.73 Å². The first-order valence-corrected chi connectivity index (χ1v) is 7.85. The molecule has 2 aromatic heterocycles. The van der Waals surface area contributed by atoms with Crippen LogP contribution >= 0.6 is 11.3 Å². The van der Waals surface area contributed by atoms with Crippen molar-refractivity contribution >= 4 is 11.3 Å². The molecule has 1 fully saturated rings. The molecule has 0 bridgehead atoms. The summed E-state index contributed by atoms with van der Waals surface area (Å²) in [7, 11) is 0. The third-order valence-electron chi connectivity index (χ3n) is 3.25. The van der Waals surface area contributed by atoms with Crippen LogP contribution in [0, 0.1) is 0 Å². The van der Waals surface area contributed by atoms with E-state index in [9.17, 15) is 0 Å². The molecule has 4 nitrogen and oxygen atoms in total. The fraction of sp³-hybridized carbons (Fsp3) is 0.571. The highest BCUT2D eigenvalue weighted by Crippen LogP contribution is 2.18. The van der Waals surface area contributed by atoms with E-state index in [2.05, 4.69) is 33.0 Å². The molecule has 1 aliphatic rings. The van der Waals surface area contributed by atoms with Gasteiger partial charge in [-0.1, -0.05) is 6.07 Å². The molecule has 3 rings (SSSR count). The lowest BCUT2D eigenvalue weighted by Crippen LogP contribution is -2.19. The van der Waals surface area contributed by atoms with Crippen LogP contribution in [0.3, 0.4) is 0 Å². The molecule has 0 aromatic carbocycles. The molecule has 0 aliphatic heterocycles. The molecule has 1 aliphatic carbocycles. The van der Waals surface area contributed by atoms with Crippen LogP contribution in [0.5, 0.6) is 0 Å². The Bertz CT molecular complexity index is 491. The first kappa shape index (κ1) is 12.8. The topological polar surface area (TPSA) is 51.0 Å². The van der Waals surface area contributed by atoms with Gasteiger partial charge in [0.1, 0.15) is 0 Å². The second kappa shape index (κ2) is 6.30. The number of hydrogen-bond acceptors (Lipinski definition) is 5. The fourth-order valence-corrected chi connectivity index (χ4v) is 2.78. The van der Waals surface area contributed by atoms with E-state index in [4.69, 9.17) is 4.42 Å². The highest BCUT2D eigenvalue weighted by molar-refractivity contribution is 7.09. The number of nitrogens with zero attached hydrogens (tertiary/aromatic N) is 2. The van der Waals surface area contributed by atoms with Gasteiger partial charge in [-0.25, -0.2) is 0 Å². The summed E-state index contributed by atoms with van der Waals surface area (Å²) < 4.78 is 5.65. The lowest BCUT2D eigenvalue weighted by atomic mass is 10.2. The molecule has 0 spiro atoms. The molecule has 2 heterocycles. The number of nitrogens with one attached hydrogen (secondary N) is 1. The average Bonchev–Trinajstić information content (AvgIpc) is 2.91. The Kier molecular flexibility index (Phi) is 4.25. The lowest BCUT2D eigenvalue weighted by molar-refractivity contribution is 0.439. The Hall–Kier alpha value is -1.20. The van der Waals surface area contributed by atoms with Gasteiger partial charge >= 0.3 is 0 Å². The molecule has 1 saturated carbocycles. The molecule has 5 heteroatoms. The molecule has 1 N–H and O–H groups in total. The number of rotatable bonds is 8. The summed E-state index contributed by atoms with van der Waals surface area (Å²) in [5.74, 6) is 1.54. The minimum absolute atomic E-state index is 0.744. The van der Waals surface area contributed by atoms with Crippen molar-refractivity contribution in [2.45, 2.75) is 44.6 Å². The fourth-order valence-electron chi connectivity index (χ4n) is 2.03. The molecule has 0 unspecified atom stereocenters. The maximum absolute atomic E-state index is 5.65. The van der Waals surface area contributed by atoms with Crippen LogP contribution in [0.2, 0.25) is 0 Å². The zero-order valence-electron chi connectivity index (χ0n) is 11.0. The molecule has 0 atom stereocenters. The quantitative estimate of drug-likeness (QED) is 0.806. The highest BCUT2D eigenvalue weighted by Gasteiger charge is 2.20. The lowest BCUT2D eigenvalue weighted by Gasteiger charge is -1.98. The van der Waals surface area contributed by atoms with E-state index in [1.165, 1.54) is 17.7 Å². The number of thiophene rings is 1. The van der Waals surface area contributed by atoms with E-state index < -0.39 is 0 Å². The monoisotopic (exact) mass is 277 g/mol. The van der Waals surface area contributed by atoms with Gasteiger partial charge in [-0.2, -0.15) is 0 Å². The van der Waals surface area contributed by atoms with E-state index in [1.807, 2.05) is 11.3 Å². The van der Waals surface area contributed by atoms with Gasteiger partial charge in [-0.15, -0.1) is 21.5 Å². The van der Waals surface area contributed by atoms with Gasteiger partial charge in [0, 0.05) is 30.3 Å². The van der Waals surface area contributed by atoms with Gasteiger partial charge in [0.25, 0.3) is 0 Å². The first-order chi connectivity index (χ1) is 9.40. The van der Waals surface area contributed by atoms with E-state index >= 15 is 0 Å². The van der Waals surface area contributed by atoms with E-state index in [0.29, 0.717) is 0 Å². The van der Waals surface area contributed by atoms with Crippen LogP contribution in [0.1, 0.15) is 35.9 Å². The van der Waals surface area contributed by atoms with Crippen LogP contribution in [-0.4, -0.2) is 22.8 Å². The molecule has 0 radical (unpaired) electrons. The smallest absolute Gasteiger partial charge is 0.217 e. The summed E-state index contributed by atoms with van der Waals surface area (Å²) >= 11 is 1.81. The van der Waals surface area contributed by atoms with Crippen LogP contribution in [-0.2, 0) is 19.3 Å². The van der Waals surface area contributed by atoms with Crippen molar-refractivity contribution in [3.8, 4) is 0 Å². The van der Waals surface area contributed by atoms with Gasteiger partial charge in [-0.3, -0.25) is 0 Å². The zero-order chi connectivity index (χ0) is 12.9. The average molecular weight is 277 g/mol. The van der Waals surface area contributed by atoms with Crippen molar-refractivity contribution < 1.29 is 4.42 Å². The van der Waals surface area contributed by atoms with Gasteiger partial charge in [0.2, 0.25) is 11.8 Å². The zero-order valence-corrected chi connectivity index (χ0v) is 11.8. The van der Waals surface area contributed by atoms with Crippen molar-refractivity contribution in [2.75, 3.05) is 6.54 Å². The molecule has 0 saturated heterocycles. The molecule has 102 valence electrons.